The van der Waals surface area contributed by atoms with Crippen LogP contribution < -0.4 is 5.32 Å². The van der Waals surface area contributed by atoms with Crippen LogP contribution in [0.4, 0.5) is 9.80 Å². The van der Waals surface area contributed by atoms with E-state index in [1.807, 2.05) is 0 Å². The SMILES string of the molecule is CCOC(=O)Nc1sc2c(c1-c1nc(C)no1)CCOC2. The van der Waals surface area contributed by atoms with E-state index in [4.69, 9.17) is 14.0 Å². The summed E-state index contributed by atoms with van der Waals surface area (Å²) in [5.41, 5.74) is 1.88. The van der Waals surface area contributed by atoms with Crippen LogP contribution in [0.1, 0.15) is 23.2 Å². The standard InChI is InChI=1S/C13H15N3O4S/c1-3-19-13(17)15-12-10(11-14-7(2)16-20-11)8-4-5-18-6-9(8)21-12/h3-6H2,1-2H3,(H,15,17). The molecule has 0 radical (unpaired) electrons. The molecule has 2 aromatic rings. The molecule has 1 amide bonds. The van der Waals surface area contributed by atoms with Crippen LogP contribution >= 0.6 is 11.3 Å². The van der Waals surface area contributed by atoms with Gasteiger partial charge in [-0.3, -0.25) is 5.32 Å². The second-order valence-corrected chi connectivity index (χ2v) is 5.61. The number of ether oxygens (including phenoxy) is 2. The molecular weight excluding hydrogens is 294 g/mol. The van der Waals surface area contributed by atoms with Gasteiger partial charge in [-0.15, -0.1) is 11.3 Å². The molecule has 0 saturated carbocycles. The van der Waals surface area contributed by atoms with Crippen LogP contribution in [0.15, 0.2) is 4.52 Å². The average Bonchev–Trinajstić information content (AvgIpc) is 3.01. The maximum atomic E-state index is 11.7. The number of rotatable bonds is 3. The average molecular weight is 309 g/mol. The van der Waals surface area contributed by atoms with Crippen LogP contribution in [-0.4, -0.2) is 29.4 Å². The Hall–Kier alpha value is -1.93. The van der Waals surface area contributed by atoms with E-state index >= 15 is 0 Å². The van der Waals surface area contributed by atoms with Gasteiger partial charge in [0.15, 0.2) is 5.82 Å². The second kappa shape index (κ2) is 5.82. The minimum atomic E-state index is -0.491. The highest BCUT2D eigenvalue weighted by atomic mass is 32.1. The normalized spacial score (nSPS) is 13.8. The second-order valence-electron chi connectivity index (χ2n) is 4.50. The zero-order valence-corrected chi connectivity index (χ0v) is 12.6. The molecular formula is C13H15N3O4S. The van der Waals surface area contributed by atoms with Gasteiger partial charge in [0.05, 0.1) is 25.4 Å². The fourth-order valence-electron chi connectivity index (χ4n) is 2.21. The molecule has 8 heteroatoms. The first-order valence-electron chi connectivity index (χ1n) is 6.65. The van der Waals surface area contributed by atoms with Gasteiger partial charge in [-0.05, 0) is 25.8 Å². The zero-order chi connectivity index (χ0) is 14.8. The van der Waals surface area contributed by atoms with Crippen molar-refractivity contribution < 1.29 is 18.8 Å². The summed E-state index contributed by atoms with van der Waals surface area (Å²) >= 11 is 1.46. The maximum Gasteiger partial charge on any atom is 0.412 e. The monoisotopic (exact) mass is 309 g/mol. The Bertz CT molecular complexity index is 664. The third kappa shape index (κ3) is 2.77. The summed E-state index contributed by atoms with van der Waals surface area (Å²) in [7, 11) is 0. The predicted octanol–water partition coefficient (Wildman–Crippen LogP) is 2.75. The van der Waals surface area contributed by atoms with Crippen LogP contribution in [0.3, 0.4) is 0 Å². The van der Waals surface area contributed by atoms with Crippen molar-refractivity contribution in [2.45, 2.75) is 26.9 Å². The lowest BCUT2D eigenvalue weighted by Crippen LogP contribution is -2.13. The molecule has 21 heavy (non-hydrogen) atoms. The van der Waals surface area contributed by atoms with E-state index in [0.29, 0.717) is 36.5 Å². The van der Waals surface area contributed by atoms with Crippen molar-refractivity contribution in [3.8, 4) is 11.5 Å². The lowest BCUT2D eigenvalue weighted by molar-refractivity contribution is 0.113. The summed E-state index contributed by atoms with van der Waals surface area (Å²) in [6.45, 7) is 5.00. The number of thiophene rings is 1. The quantitative estimate of drug-likeness (QED) is 0.938. The fourth-order valence-corrected chi connectivity index (χ4v) is 3.37. The van der Waals surface area contributed by atoms with Gasteiger partial charge in [0.2, 0.25) is 0 Å². The molecule has 1 N–H and O–H groups in total. The first-order valence-corrected chi connectivity index (χ1v) is 7.47. The van der Waals surface area contributed by atoms with Crippen molar-refractivity contribution in [1.29, 1.82) is 0 Å². The smallest absolute Gasteiger partial charge is 0.412 e. The van der Waals surface area contributed by atoms with Crippen molar-refractivity contribution in [3.63, 3.8) is 0 Å². The van der Waals surface area contributed by atoms with E-state index < -0.39 is 6.09 Å². The molecule has 0 bridgehead atoms. The maximum absolute atomic E-state index is 11.7. The zero-order valence-electron chi connectivity index (χ0n) is 11.8. The summed E-state index contributed by atoms with van der Waals surface area (Å²) < 4.78 is 15.7. The van der Waals surface area contributed by atoms with Gasteiger partial charge in [0.25, 0.3) is 5.89 Å². The van der Waals surface area contributed by atoms with Gasteiger partial charge in [0.1, 0.15) is 5.00 Å². The molecule has 0 aliphatic carbocycles. The van der Waals surface area contributed by atoms with Gasteiger partial charge < -0.3 is 14.0 Å². The number of nitrogens with one attached hydrogen (secondary N) is 1. The Kier molecular flexibility index (Phi) is 3.89. The van der Waals surface area contributed by atoms with Gasteiger partial charge in [-0.1, -0.05) is 5.16 Å². The minimum Gasteiger partial charge on any atom is -0.450 e. The highest BCUT2D eigenvalue weighted by Gasteiger charge is 2.26. The highest BCUT2D eigenvalue weighted by Crippen LogP contribution is 2.42. The molecule has 0 fully saturated rings. The van der Waals surface area contributed by atoms with E-state index in [9.17, 15) is 4.79 Å². The molecule has 2 aromatic heterocycles. The molecule has 0 saturated heterocycles. The topological polar surface area (TPSA) is 86.5 Å². The van der Waals surface area contributed by atoms with Crippen molar-refractivity contribution in [1.82, 2.24) is 10.1 Å². The van der Waals surface area contributed by atoms with Gasteiger partial charge in [-0.2, -0.15) is 4.98 Å². The summed E-state index contributed by atoms with van der Waals surface area (Å²) in [5, 5.41) is 7.23. The molecule has 0 unspecified atom stereocenters. The summed E-state index contributed by atoms with van der Waals surface area (Å²) in [4.78, 5) is 17.0. The van der Waals surface area contributed by atoms with Crippen molar-refractivity contribution >= 4 is 22.4 Å². The minimum absolute atomic E-state index is 0.315. The van der Waals surface area contributed by atoms with E-state index in [-0.39, 0.29) is 0 Å². The molecule has 1 aliphatic rings. The highest BCUT2D eigenvalue weighted by molar-refractivity contribution is 7.17. The van der Waals surface area contributed by atoms with E-state index in [1.54, 1.807) is 13.8 Å². The number of carbonyl (C=O) groups excluding carboxylic acids is 1. The molecule has 7 nitrogen and oxygen atoms in total. The number of fused-ring (bicyclic) bond motifs is 1. The lowest BCUT2D eigenvalue weighted by Gasteiger charge is -2.12. The molecule has 112 valence electrons. The summed E-state index contributed by atoms with van der Waals surface area (Å²) in [6.07, 6.45) is 0.266. The van der Waals surface area contributed by atoms with Crippen molar-refractivity contribution in [3.05, 3.63) is 16.3 Å². The Labute approximate surface area is 125 Å². The first-order chi connectivity index (χ1) is 10.2. The number of aryl methyl sites for hydroxylation is 1. The number of carbonyl (C=O) groups is 1. The Balaban J connectivity index is 2.02. The van der Waals surface area contributed by atoms with E-state index in [0.717, 1.165) is 22.4 Å². The molecule has 0 atom stereocenters. The third-order valence-electron chi connectivity index (χ3n) is 3.05. The Morgan fingerprint density at radius 3 is 3.10 bits per heavy atom. The lowest BCUT2D eigenvalue weighted by atomic mass is 10.1. The third-order valence-corrected chi connectivity index (χ3v) is 4.17. The van der Waals surface area contributed by atoms with E-state index in [2.05, 4.69) is 15.5 Å². The Morgan fingerprint density at radius 1 is 1.52 bits per heavy atom. The summed E-state index contributed by atoms with van der Waals surface area (Å²) in [5.74, 6) is 0.970. The number of nitrogens with zero attached hydrogens (tertiary/aromatic N) is 2. The molecule has 1 aliphatic heterocycles. The Morgan fingerprint density at radius 2 is 2.38 bits per heavy atom. The van der Waals surface area contributed by atoms with Crippen LogP contribution in [-0.2, 0) is 22.5 Å². The molecule has 3 rings (SSSR count). The van der Waals surface area contributed by atoms with Gasteiger partial charge in [0, 0.05) is 4.88 Å². The largest absolute Gasteiger partial charge is 0.450 e. The number of hydrogen-bond acceptors (Lipinski definition) is 7. The molecule has 3 heterocycles. The van der Waals surface area contributed by atoms with Gasteiger partial charge >= 0.3 is 6.09 Å². The number of hydrogen-bond donors (Lipinski definition) is 1. The van der Waals surface area contributed by atoms with Crippen LogP contribution in [0.25, 0.3) is 11.5 Å². The fraction of sp³-hybridized carbons (Fsp3) is 0.462. The first kappa shape index (κ1) is 14.0. The molecule has 0 spiro atoms. The van der Waals surface area contributed by atoms with Crippen molar-refractivity contribution in [2.75, 3.05) is 18.5 Å². The summed E-state index contributed by atoms with van der Waals surface area (Å²) in [6, 6.07) is 0. The van der Waals surface area contributed by atoms with Crippen LogP contribution in [0.5, 0.6) is 0 Å². The van der Waals surface area contributed by atoms with E-state index in [1.165, 1.54) is 11.3 Å². The number of aromatic nitrogens is 2. The van der Waals surface area contributed by atoms with Crippen LogP contribution in [0, 0.1) is 6.92 Å². The molecule has 0 aromatic carbocycles. The van der Waals surface area contributed by atoms with Gasteiger partial charge in [-0.25, -0.2) is 4.79 Å². The van der Waals surface area contributed by atoms with Crippen LogP contribution in [0.2, 0.25) is 0 Å². The predicted molar refractivity (Wildman–Crippen MR) is 76.4 cm³/mol. The number of anilines is 1. The number of amides is 1. The van der Waals surface area contributed by atoms with Crippen molar-refractivity contribution in [2.24, 2.45) is 0 Å².